The average molecular weight is 444 g/mol. The van der Waals surface area contributed by atoms with E-state index in [2.05, 4.69) is 10.3 Å². The van der Waals surface area contributed by atoms with E-state index in [-0.39, 0.29) is 4.90 Å². The van der Waals surface area contributed by atoms with E-state index in [1.807, 2.05) is 26.0 Å². The highest BCUT2D eigenvalue weighted by Gasteiger charge is 2.20. The van der Waals surface area contributed by atoms with Gasteiger partial charge in [0.15, 0.2) is 6.10 Å². The van der Waals surface area contributed by atoms with Crippen molar-refractivity contribution >= 4 is 32.8 Å². The Bertz CT molecular complexity index is 1230. The molecule has 9 heteroatoms. The fourth-order valence-electron chi connectivity index (χ4n) is 3.31. The molecule has 0 bridgehead atoms. The van der Waals surface area contributed by atoms with Crippen molar-refractivity contribution < 1.29 is 22.7 Å². The smallest absolute Gasteiger partial charge is 0.355 e. The second-order valence-corrected chi connectivity index (χ2v) is 9.07. The molecule has 3 rings (SSSR count). The van der Waals surface area contributed by atoms with Crippen LogP contribution in [0.25, 0.3) is 10.9 Å². The number of rotatable bonds is 7. The zero-order chi connectivity index (χ0) is 22.8. The number of amides is 1. The van der Waals surface area contributed by atoms with Crippen molar-refractivity contribution in [2.24, 2.45) is 5.14 Å². The number of hydrogen-bond acceptors (Lipinski definition) is 5. The van der Waals surface area contributed by atoms with Crippen molar-refractivity contribution in [2.45, 2.75) is 38.2 Å². The number of nitrogens with two attached hydrogens (primary N) is 1. The van der Waals surface area contributed by atoms with Crippen molar-refractivity contribution in [1.29, 1.82) is 0 Å². The lowest BCUT2D eigenvalue weighted by molar-refractivity contribution is -0.129. The molecule has 0 saturated heterocycles. The minimum absolute atomic E-state index is 0.0307. The van der Waals surface area contributed by atoms with Crippen LogP contribution in [-0.2, 0) is 26.0 Å². The van der Waals surface area contributed by atoms with Gasteiger partial charge in [-0.15, -0.1) is 0 Å². The molecule has 0 radical (unpaired) electrons. The first-order valence-corrected chi connectivity index (χ1v) is 11.3. The SMILES string of the molecule is Cc1cc(C)c2cc(C(=O)O[C@@H](C)C(=O)NCCc3ccc(S(N)(=O)=O)cc3)[nH]c2c1. The van der Waals surface area contributed by atoms with E-state index in [4.69, 9.17) is 9.88 Å². The number of hydrogen-bond donors (Lipinski definition) is 3. The summed E-state index contributed by atoms with van der Waals surface area (Å²) >= 11 is 0. The summed E-state index contributed by atoms with van der Waals surface area (Å²) in [7, 11) is -3.73. The average Bonchev–Trinajstić information content (AvgIpc) is 3.12. The third kappa shape index (κ3) is 5.50. The molecule has 0 spiro atoms. The van der Waals surface area contributed by atoms with Crippen molar-refractivity contribution in [1.82, 2.24) is 10.3 Å². The van der Waals surface area contributed by atoms with Crippen LogP contribution in [0.4, 0.5) is 0 Å². The van der Waals surface area contributed by atoms with Gasteiger partial charge < -0.3 is 15.0 Å². The van der Waals surface area contributed by atoms with Gasteiger partial charge in [0.2, 0.25) is 10.0 Å². The van der Waals surface area contributed by atoms with Gasteiger partial charge in [-0.25, -0.2) is 18.4 Å². The molecule has 1 heterocycles. The quantitative estimate of drug-likeness (QED) is 0.482. The molecule has 31 heavy (non-hydrogen) atoms. The van der Waals surface area contributed by atoms with E-state index in [1.54, 1.807) is 18.2 Å². The van der Waals surface area contributed by atoms with Crippen molar-refractivity contribution in [3.8, 4) is 0 Å². The standard InChI is InChI=1S/C22H25N3O5S/c1-13-10-14(2)18-12-20(25-19(18)11-13)22(27)30-15(3)21(26)24-9-8-16-4-6-17(7-5-16)31(23,28)29/h4-7,10-12,15,25H,8-9H2,1-3H3,(H,24,26)(H2,23,28,29)/t15-/m0/s1. The van der Waals surface area contributed by atoms with Gasteiger partial charge in [-0.3, -0.25) is 4.79 Å². The number of benzene rings is 2. The maximum absolute atomic E-state index is 12.4. The summed E-state index contributed by atoms with van der Waals surface area (Å²) in [5, 5.41) is 8.71. The van der Waals surface area contributed by atoms with Gasteiger partial charge in [-0.2, -0.15) is 0 Å². The van der Waals surface area contributed by atoms with Gasteiger partial charge in [0.1, 0.15) is 5.69 Å². The number of fused-ring (bicyclic) bond motifs is 1. The van der Waals surface area contributed by atoms with Crippen LogP contribution in [0.3, 0.4) is 0 Å². The van der Waals surface area contributed by atoms with Crippen LogP contribution in [0.5, 0.6) is 0 Å². The third-order valence-electron chi connectivity index (χ3n) is 4.93. The maximum atomic E-state index is 12.4. The van der Waals surface area contributed by atoms with Crippen LogP contribution in [-0.4, -0.2) is 37.9 Å². The molecule has 8 nitrogen and oxygen atoms in total. The molecule has 0 saturated carbocycles. The number of nitrogens with one attached hydrogen (secondary N) is 2. The molecule has 4 N–H and O–H groups in total. The number of esters is 1. The lowest BCUT2D eigenvalue weighted by Gasteiger charge is -2.13. The minimum atomic E-state index is -3.73. The lowest BCUT2D eigenvalue weighted by atomic mass is 10.1. The Morgan fingerprint density at radius 3 is 2.45 bits per heavy atom. The molecule has 1 atom stereocenters. The third-order valence-corrected chi connectivity index (χ3v) is 5.86. The maximum Gasteiger partial charge on any atom is 0.355 e. The predicted octanol–water partition coefficient (Wildman–Crippen LogP) is 2.34. The van der Waals surface area contributed by atoms with Crippen LogP contribution in [0.1, 0.15) is 34.1 Å². The Morgan fingerprint density at radius 2 is 1.81 bits per heavy atom. The van der Waals surface area contributed by atoms with Crippen LogP contribution < -0.4 is 10.5 Å². The first kappa shape index (κ1) is 22.5. The van der Waals surface area contributed by atoms with Crippen LogP contribution >= 0.6 is 0 Å². The van der Waals surface area contributed by atoms with Gasteiger partial charge in [0.05, 0.1) is 4.90 Å². The predicted molar refractivity (Wildman–Crippen MR) is 117 cm³/mol. The van der Waals surface area contributed by atoms with Crippen molar-refractivity contribution in [3.05, 3.63) is 64.8 Å². The van der Waals surface area contributed by atoms with E-state index in [9.17, 15) is 18.0 Å². The fourth-order valence-corrected chi connectivity index (χ4v) is 3.82. The monoisotopic (exact) mass is 443 g/mol. The second kappa shape index (κ2) is 8.91. The highest BCUT2D eigenvalue weighted by atomic mass is 32.2. The number of aryl methyl sites for hydroxylation is 2. The zero-order valence-corrected chi connectivity index (χ0v) is 18.4. The Balaban J connectivity index is 1.53. The topological polar surface area (TPSA) is 131 Å². The summed E-state index contributed by atoms with van der Waals surface area (Å²) in [5.41, 5.74) is 4.10. The number of ether oxygens (including phenoxy) is 1. The van der Waals surface area contributed by atoms with E-state index in [0.717, 1.165) is 27.6 Å². The summed E-state index contributed by atoms with van der Waals surface area (Å²) < 4.78 is 27.8. The molecular weight excluding hydrogens is 418 g/mol. The molecule has 0 unspecified atom stereocenters. The van der Waals surface area contributed by atoms with E-state index >= 15 is 0 Å². The summed E-state index contributed by atoms with van der Waals surface area (Å²) in [6.45, 7) is 5.76. The highest BCUT2D eigenvalue weighted by molar-refractivity contribution is 7.89. The number of H-pyrrole nitrogens is 1. The van der Waals surface area contributed by atoms with E-state index in [0.29, 0.717) is 18.7 Å². The first-order valence-electron chi connectivity index (χ1n) is 9.75. The molecule has 0 aliphatic heterocycles. The molecule has 164 valence electrons. The zero-order valence-electron chi connectivity index (χ0n) is 17.6. The van der Waals surface area contributed by atoms with Gasteiger partial charge >= 0.3 is 5.97 Å². The highest BCUT2D eigenvalue weighted by Crippen LogP contribution is 2.22. The first-order chi connectivity index (χ1) is 14.5. The van der Waals surface area contributed by atoms with Crippen LogP contribution in [0, 0.1) is 13.8 Å². The molecule has 0 fully saturated rings. The number of carbonyl (C=O) groups excluding carboxylic acids is 2. The molecule has 1 amide bonds. The number of aromatic amines is 1. The van der Waals surface area contributed by atoms with E-state index < -0.39 is 28.0 Å². The molecule has 0 aliphatic rings. The van der Waals surface area contributed by atoms with Crippen molar-refractivity contribution in [2.75, 3.05) is 6.54 Å². The summed E-state index contributed by atoms with van der Waals surface area (Å²) in [6.07, 6.45) is -0.482. The second-order valence-electron chi connectivity index (χ2n) is 7.50. The number of sulfonamides is 1. The van der Waals surface area contributed by atoms with Gasteiger partial charge in [0.25, 0.3) is 5.91 Å². The Kier molecular flexibility index (Phi) is 6.47. The van der Waals surface area contributed by atoms with Crippen molar-refractivity contribution in [3.63, 3.8) is 0 Å². The number of primary sulfonamides is 1. The van der Waals surface area contributed by atoms with Crippen LogP contribution in [0.15, 0.2) is 47.4 Å². The minimum Gasteiger partial charge on any atom is -0.448 e. The van der Waals surface area contributed by atoms with Gasteiger partial charge in [-0.05, 0) is 68.1 Å². The largest absolute Gasteiger partial charge is 0.448 e. The Morgan fingerprint density at radius 1 is 1.13 bits per heavy atom. The summed E-state index contributed by atoms with van der Waals surface area (Å²) in [6, 6.07) is 11.8. The Labute approximate surface area is 180 Å². The number of carbonyl (C=O) groups is 2. The molecule has 1 aromatic heterocycles. The molecule has 2 aromatic carbocycles. The van der Waals surface area contributed by atoms with Gasteiger partial charge in [0, 0.05) is 17.4 Å². The van der Waals surface area contributed by atoms with Gasteiger partial charge in [-0.1, -0.05) is 18.2 Å². The molecular formula is C22H25N3O5S. The molecule has 0 aliphatic carbocycles. The fraction of sp³-hybridized carbons (Fsp3) is 0.273. The lowest BCUT2D eigenvalue weighted by Crippen LogP contribution is -2.37. The van der Waals surface area contributed by atoms with E-state index in [1.165, 1.54) is 19.1 Å². The Hall–Kier alpha value is -3.17. The summed E-state index contributed by atoms with van der Waals surface area (Å²) in [5.74, 6) is -1.02. The number of aromatic nitrogens is 1. The summed E-state index contributed by atoms with van der Waals surface area (Å²) in [4.78, 5) is 27.8. The normalized spacial score (nSPS) is 12.5. The van der Waals surface area contributed by atoms with Crippen LogP contribution in [0.2, 0.25) is 0 Å². The molecule has 3 aromatic rings.